The van der Waals surface area contributed by atoms with Crippen LogP contribution in [0.15, 0.2) is 18.2 Å². The van der Waals surface area contributed by atoms with Gasteiger partial charge < -0.3 is 14.8 Å². The minimum atomic E-state index is -1.89. The van der Waals surface area contributed by atoms with Gasteiger partial charge in [-0.25, -0.2) is 0 Å². The Labute approximate surface area is 133 Å². The van der Waals surface area contributed by atoms with Gasteiger partial charge in [0.15, 0.2) is 8.32 Å². The molecular formula is C16H24N2O3Si. The highest BCUT2D eigenvalue weighted by Gasteiger charge is 2.37. The minimum Gasteiger partial charge on any atom is -0.480 e. The van der Waals surface area contributed by atoms with Gasteiger partial charge in [-0.3, -0.25) is 4.79 Å². The zero-order valence-corrected chi connectivity index (χ0v) is 14.9. The average molecular weight is 320 g/mol. The molecule has 1 aromatic rings. The number of nitrogens with one attached hydrogen (secondary N) is 1. The monoisotopic (exact) mass is 320 g/mol. The van der Waals surface area contributed by atoms with Crippen LogP contribution in [-0.4, -0.2) is 25.9 Å². The van der Waals surface area contributed by atoms with Crippen LogP contribution in [0, 0.1) is 11.3 Å². The number of carboxylic acid groups (broad SMARTS) is 1. The van der Waals surface area contributed by atoms with E-state index in [1.807, 2.05) is 6.07 Å². The van der Waals surface area contributed by atoms with E-state index in [2.05, 4.69) is 45.3 Å². The summed E-state index contributed by atoms with van der Waals surface area (Å²) in [5, 5.41) is 20.7. The van der Waals surface area contributed by atoms with Gasteiger partial charge in [0.05, 0.1) is 18.2 Å². The van der Waals surface area contributed by atoms with Gasteiger partial charge in [-0.1, -0.05) is 26.8 Å². The van der Waals surface area contributed by atoms with Crippen LogP contribution < -0.4 is 5.32 Å². The molecule has 0 saturated carbocycles. The number of hydrogen-bond acceptors (Lipinski definition) is 4. The lowest BCUT2D eigenvalue weighted by molar-refractivity contribution is -0.134. The van der Waals surface area contributed by atoms with Crippen LogP contribution in [-0.2, 0) is 15.8 Å². The maximum atomic E-state index is 10.7. The molecular weight excluding hydrogens is 296 g/mol. The Morgan fingerprint density at radius 3 is 2.55 bits per heavy atom. The first-order chi connectivity index (χ1) is 10.1. The highest BCUT2D eigenvalue weighted by molar-refractivity contribution is 6.74. The molecule has 0 aliphatic heterocycles. The molecule has 0 fully saturated rings. The first-order valence-corrected chi connectivity index (χ1v) is 10.1. The lowest BCUT2D eigenvalue weighted by atomic mass is 10.1. The first-order valence-electron chi connectivity index (χ1n) is 7.19. The summed E-state index contributed by atoms with van der Waals surface area (Å²) in [7, 11) is -1.89. The Hall–Kier alpha value is -1.84. The van der Waals surface area contributed by atoms with Gasteiger partial charge >= 0.3 is 5.97 Å². The Morgan fingerprint density at radius 2 is 2.05 bits per heavy atom. The molecule has 120 valence electrons. The molecule has 0 amide bonds. The third kappa shape index (κ3) is 4.86. The van der Waals surface area contributed by atoms with E-state index in [0.717, 1.165) is 5.56 Å². The second kappa shape index (κ2) is 6.94. The topological polar surface area (TPSA) is 82.3 Å². The molecule has 0 radical (unpaired) electrons. The van der Waals surface area contributed by atoms with Crippen LogP contribution in [0.3, 0.4) is 0 Å². The number of anilines is 1. The number of benzene rings is 1. The molecule has 1 aromatic carbocycles. The van der Waals surface area contributed by atoms with Crippen molar-refractivity contribution >= 4 is 20.0 Å². The number of aliphatic carboxylic acids is 1. The molecule has 0 spiro atoms. The fourth-order valence-electron chi connectivity index (χ4n) is 1.58. The van der Waals surface area contributed by atoms with Gasteiger partial charge in [0.25, 0.3) is 0 Å². The van der Waals surface area contributed by atoms with Gasteiger partial charge in [0.1, 0.15) is 6.54 Å². The smallest absolute Gasteiger partial charge is 0.322 e. The normalized spacial score (nSPS) is 11.8. The lowest BCUT2D eigenvalue weighted by Crippen LogP contribution is -2.40. The quantitative estimate of drug-likeness (QED) is 0.783. The third-order valence-electron chi connectivity index (χ3n) is 4.06. The van der Waals surface area contributed by atoms with Crippen molar-refractivity contribution in [2.24, 2.45) is 0 Å². The second-order valence-corrected chi connectivity index (χ2v) is 11.6. The molecule has 0 aliphatic carbocycles. The summed E-state index contributed by atoms with van der Waals surface area (Å²) in [5.41, 5.74) is 1.99. The second-order valence-electron chi connectivity index (χ2n) is 6.78. The van der Waals surface area contributed by atoms with E-state index in [9.17, 15) is 4.79 Å². The molecule has 0 aromatic heterocycles. The number of rotatable bonds is 6. The van der Waals surface area contributed by atoms with E-state index in [4.69, 9.17) is 14.8 Å². The van der Waals surface area contributed by atoms with Gasteiger partial charge in [-0.15, -0.1) is 0 Å². The standard InChI is InChI=1S/C16H24N2O3Si/c1-16(2,3)22(4,5)21-11-13-7-6-12(9-17)8-14(13)18-10-15(19)20/h6-8,18H,10-11H2,1-5H3,(H,19,20). The Balaban J connectivity index is 2.94. The zero-order valence-electron chi connectivity index (χ0n) is 13.9. The fraction of sp³-hybridized carbons (Fsp3) is 0.500. The highest BCUT2D eigenvalue weighted by Crippen LogP contribution is 2.37. The summed E-state index contributed by atoms with van der Waals surface area (Å²) >= 11 is 0. The van der Waals surface area contributed by atoms with Crippen molar-refractivity contribution < 1.29 is 14.3 Å². The minimum absolute atomic E-state index is 0.105. The predicted octanol–water partition coefficient (Wildman–Crippen LogP) is 3.58. The Bertz CT molecular complexity index is 586. The van der Waals surface area contributed by atoms with Gasteiger partial charge in [-0.05, 0) is 35.8 Å². The molecule has 0 atom stereocenters. The van der Waals surface area contributed by atoms with Crippen molar-refractivity contribution in [3.05, 3.63) is 29.3 Å². The summed E-state index contributed by atoms with van der Waals surface area (Å²) in [6.07, 6.45) is 0. The van der Waals surface area contributed by atoms with Gasteiger partial charge in [0, 0.05) is 5.69 Å². The summed E-state index contributed by atoms with van der Waals surface area (Å²) in [4.78, 5) is 10.7. The molecule has 1 rings (SSSR count). The Kier molecular flexibility index (Phi) is 5.75. The van der Waals surface area contributed by atoms with Crippen molar-refractivity contribution in [3.8, 4) is 6.07 Å². The summed E-state index contributed by atoms with van der Waals surface area (Å²) in [6, 6.07) is 7.25. The van der Waals surface area contributed by atoms with Crippen LogP contribution in [0.5, 0.6) is 0 Å². The van der Waals surface area contributed by atoms with Crippen LogP contribution in [0.1, 0.15) is 31.9 Å². The first kappa shape index (κ1) is 18.2. The largest absolute Gasteiger partial charge is 0.480 e. The van der Waals surface area contributed by atoms with E-state index < -0.39 is 14.3 Å². The van der Waals surface area contributed by atoms with Gasteiger partial charge in [-0.2, -0.15) is 5.26 Å². The van der Waals surface area contributed by atoms with Crippen molar-refractivity contribution in [2.45, 2.75) is 45.5 Å². The average Bonchev–Trinajstić information content (AvgIpc) is 2.41. The summed E-state index contributed by atoms with van der Waals surface area (Å²) in [6.45, 7) is 11.1. The van der Waals surface area contributed by atoms with E-state index in [-0.39, 0.29) is 11.6 Å². The SMILES string of the molecule is CC(C)(C)[Si](C)(C)OCc1ccc(C#N)cc1NCC(=O)O. The summed E-state index contributed by atoms with van der Waals surface area (Å²) < 4.78 is 6.17. The van der Waals surface area contributed by atoms with Crippen molar-refractivity contribution in [3.63, 3.8) is 0 Å². The van der Waals surface area contributed by atoms with Crippen molar-refractivity contribution in [1.29, 1.82) is 5.26 Å². The number of carboxylic acids is 1. The van der Waals surface area contributed by atoms with Crippen LogP contribution in [0.25, 0.3) is 0 Å². The molecule has 22 heavy (non-hydrogen) atoms. The lowest BCUT2D eigenvalue weighted by Gasteiger charge is -2.36. The highest BCUT2D eigenvalue weighted by atomic mass is 28.4. The van der Waals surface area contributed by atoms with Gasteiger partial charge in [0.2, 0.25) is 0 Å². The number of hydrogen-bond donors (Lipinski definition) is 2. The molecule has 5 nitrogen and oxygen atoms in total. The molecule has 0 bridgehead atoms. The van der Waals surface area contributed by atoms with Crippen LogP contribution in [0.4, 0.5) is 5.69 Å². The van der Waals surface area contributed by atoms with Crippen molar-refractivity contribution in [1.82, 2.24) is 0 Å². The number of carbonyl (C=O) groups is 1. The summed E-state index contributed by atoms with van der Waals surface area (Å²) in [5.74, 6) is -0.946. The van der Waals surface area contributed by atoms with E-state index in [0.29, 0.717) is 17.9 Å². The van der Waals surface area contributed by atoms with Crippen LogP contribution >= 0.6 is 0 Å². The molecule has 0 aliphatic rings. The maximum absolute atomic E-state index is 10.7. The van der Waals surface area contributed by atoms with E-state index in [1.165, 1.54) is 0 Å². The fourth-order valence-corrected chi connectivity index (χ4v) is 2.53. The molecule has 0 saturated heterocycles. The molecule has 2 N–H and O–H groups in total. The van der Waals surface area contributed by atoms with Crippen LogP contribution in [0.2, 0.25) is 18.1 Å². The molecule has 0 heterocycles. The predicted molar refractivity (Wildman–Crippen MR) is 89.3 cm³/mol. The third-order valence-corrected chi connectivity index (χ3v) is 8.54. The maximum Gasteiger partial charge on any atom is 0.322 e. The van der Waals surface area contributed by atoms with E-state index in [1.54, 1.807) is 12.1 Å². The molecule has 6 heteroatoms. The van der Waals surface area contributed by atoms with Crippen molar-refractivity contribution in [2.75, 3.05) is 11.9 Å². The number of nitrogens with zero attached hydrogens (tertiary/aromatic N) is 1. The molecule has 0 unspecified atom stereocenters. The number of nitriles is 1. The van der Waals surface area contributed by atoms with E-state index >= 15 is 0 Å². The zero-order chi connectivity index (χ0) is 17.0. The Morgan fingerprint density at radius 1 is 1.41 bits per heavy atom.